The second kappa shape index (κ2) is 4.23. The molecule has 1 saturated heterocycles. The lowest BCUT2D eigenvalue weighted by Gasteiger charge is -2.54. The Bertz CT molecular complexity index is 377. The number of carboxylic acid groups (broad SMARTS) is 1. The predicted octanol–water partition coefficient (Wildman–Crippen LogP) is 0.879. The summed E-state index contributed by atoms with van der Waals surface area (Å²) in [6, 6.07) is 0. The number of rotatable bonds is 2. The maximum absolute atomic E-state index is 12.5. The van der Waals surface area contributed by atoms with E-state index in [1.807, 2.05) is 4.90 Å². The van der Waals surface area contributed by atoms with E-state index in [9.17, 15) is 9.59 Å². The Balaban J connectivity index is 1.73. The predicted molar refractivity (Wildman–Crippen MR) is 63.0 cm³/mol. The summed E-state index contributed by atoms with van der Waals surface area (Å²) in [6.45, 7) is 1.84. The van der Waals surface area contributed by atoms with Crippen LogP contribution in [-0.4, -0.2) is 47.2 Å². The lowest BCUT2D eigenvalue weighted by atomic mass is 9.70. The van der Waals surface area contributed by atoms with Gasteiger partial charge in [0.1, 0.15) is 0 Å². The topological polar surface area (TPSA) is 66.8 Å². The van der Waals surface area contributed by atoms with Crippen molar-refractivity contribution in [1.82, 2.24) is 4.90 Å². The second-order valence-electron chi connectivity index (χ2n) is 5.75. The van der Waals surface area contributed by atoms with Crippen molar-refractivity contribution >= 4 is 11.9 Å². The molecule has 3 aliphatic rings. The normalized spacial score (nSPS) is 33.7. The van der Waals surface area contributed by atoms with Gasteiger partial charge in [0.15, 0.2) is 0 Å². The zero-order valence-electron chi connectivity index (χ0n) is 10.4. The summed E-state index contributed by atoms with van der Waals surface area (Å²) in [7, 11) is 0. The molecule has 1 amide bonds. The highest BCUT2D eigenvalue weighted by molar-refractivity contribution is 5.87. The van der Waals surface area contributed by atoms with Crippen LogP contribution in [0.1, 0.15) is 32.1 Å². The highest BCUT2D eigenvalue weighted by Crippen LogP contribution is 2.43. The van der Waals surface area contributed by atoms with Gasteiger partial charge in [-0.25, -0.2) is 0 Å². The van der Waals surface area contributed by atoms with Crippen molar-refractivity contribution < 1.29 is 19.4 Å². The summed E-state index contributed by atoms with van der Waals surface area (Å²) >= 11 is 0. The van der Waals surface area contributed by atoms with E-state index in [4.69, 9.17) is 9.84 Å². The molecule has 2 aliphatic carbocycles. The van der Waals surface area contributed by atoms with Crippen molar-refractivity contribution in [3.63, 3.8) is 0 Å². The number of ether oxygens (including phenoxy) is 1. The van der Waals surface area contributed by atoms with Gasteiger partial charge in [-0.05, 0) is 32.1 Å². The number of carboxylic acids is 1. The number of hydrogen-bond acceptors (Lipinski definition) is 3. The Morgan fingerprint density at radius 1 is 1.22 bits per heavy atom. The number of amides is 1. The Hall–Kier alpha value is -1.10. The van der Waals surface area contributed by atoms with Gasteiger partial charge in [0.2, 0.25) is 5.91 Å². The smallest absolute Gasteiger partial charge is 0.307 e. The zero-order chi connectivity index (χ0) is 12.8. The fourth-order valence-corrected chi connectivity index (χ4v) is 3.37. The molecule has 0 bridgehead atoms. The molecule has 3 fully saturated rings. The van der Waals surface area contributed by atoms with Crippen molar-refractivity contribution in [2.24, 2.45) is 11.8 Å². The van der Waals surface area contributed by atoms with Gasteiger partial charge in [0.25, 0.3) is 0 Å². The molecule has 2 unspecified atom stereocenters. The molecule has 0 aromatic heterocycles. The van der Waals surface area contributed by atoms with Crippen LogP contribution in [-0.2, 0) is 14.3 Å². The van der Waals surface area contributed by atoms with Crippen LogP contribution in [0.15, 0.2) is 0 Å². The molecule has 0 aromatic carbocycles. The van der Waals surface area contributed by atoms with Crippen molar-refractivity contribution in [2.75, 3.05) is 19.8 Å². The average Bonchev–Trinajstić information content (AvgIpc) is 2.24. The molecule has 5 nitrogen and oxygen atoms in total. The summed E-state index contributed by atoms with van der Waals surface area (Å²) in [6.07, 6.45) is 4.51. The minimum Gasteiger partial charge on any atom is -0.481 e. The van der Waals surface area contributed by atoms with E-state index in [0.717, 1.165) is 25.7 Å². The van der Waals surface area contributed by atoms with E-state index in [1.165, 1.54) is 0 Å². The van der Waals surface area contributed by atoms with Gasteiger partial charge in [-0.1, -0.05) is 0 Å². The third-order valence-electron chi connectivity index (χ3n) is 4.86. The van der Waals surface area contributed by atoms with E-state index >= 15 is 0 Å². The van der Waals surface area contributed by atoms with Crippen LogP contribution in [0.2, 0.25) is 0 Å². The van der Waals surface area contributed by atoms with Gasteiger partial charge < -0.3 is 14.7 Å². The van der Waals surface area contributed by atoms with E-state index in [0.29, 0.717) is 26.2 Å². The van der Waals surface area contributed by atoms with Gasteiger partial charge in [0.05, 0.1) is 30.6 Å². The molecule has 0 aromatic rings. The van der Waals surface area contributed by atoms with E-state index in [1.54, 1.807) is 0 Å². The first-order chi connectivity index (χ1) is 8.64. The van der Waals surface area contributed by atoms with Crippen LogP contribution in [0.5, 0.6) is 0 Å². The summed E-state index contributed by atoms with van der Waals surface area (Å²) in [5.41, 5.74) is -0.103. The van der Waals surface area contributed by atoms with Gasteiger partial charge in [-0.2, -0.15) is 0 Å². The number of nitrogens with zero attached hydrogens (tertiary/aromatic N) is 1. The van der Waals surface area contributed by atoms with Crippen LogP contribution >= 0.6 is 0 Å². The molecule has 5 heteroatoms. The highest BCUT2D eigenvalue weighted by Gasteiger charge is 2.51. The highest BCUT2D eigenvalue weighted by atomic mass is 16.5. The molecule has 18 heavy (non-hydrogen) atoms. The van der Waals surface area contributed by atoms with Gasteiger partial charge >= 0.3 is 5.97 Å². The zero-order valence-corrected chi connectivity index (χ0v) is 10.4. The van der Waals surface area contributed by atoms with Crippen LogP contribution in [0, 0.1) is 11.8 Å². The molecule has 100 valence electrons. The maximum Gasteiger partial charge on any atom is 0.307 e. The van der Waals surface area contributed by atoms with Crippen molar-refractivity contribution in [3.8, 4) is 0 Å². The third kappa shape index (κ3) is 1.64. The minimum atomic E-state index is -0.824. The van der Waals surface area contributed by atoms with Crippen LogP contribution in [0.4, 0.5) is 0 Å². The molecule has 2 saturated carbocycles. The molecule has 3 rings (SSSR count). The lowest BCUT2D eigenvalue weighted by molar-refractivity contribution is -0.173. The average molecular weight is 253 g/mol. The van der Waals surface area contributed by atoms with Crippen LogP contribution in [0.3, 0.4) is 0 Å². The van der Waals surface area contributed by atoms with E-state index < -0.39 is 11.9 Å². The molecule has 1 N–H and O–H groups in total. The van der Waals surface area contributed by atoms with Crippen molar-refractivity contribution in [3.05, 3.63) is 0 Å². The van der Waals surface area contributed by atoms with Gasteiger partial charge in [-0.3, -0.25) is 9.59 Å². The number of aliphatic carboxylic acids is 1. The Morgan fingerprint density at radius 3 is 2.44 bits per heavy atom. The number of carbonyl (C=O) groups is 2. The molecule has 2 atom stereocenters. The standard InChI is InChI=1S/C13H19NO4/c15-11(9-2-3-10(9)12(16)17)14-6-7-18-8-13(14)4-1-5-13/h9-10H,1-8H2,(H,16,17). The van der Waals surface area contributed by atoms with Crippen molar-refractivity contribution in [2.45, 2.75) is 37.6 Å². The Labute approximate surface area is 106 Å². The lowest BCUT2D eigenvalue weighted by Crippen LogP contribution is -2.65. The maximum atomic E-state index is 12.5. The largest absolute Gasteiger partial charge is 0.481 e. The third-order valence-corrected chi connectivity index (χ3v) is 4.86. The molecular formula is C13H19NO4. The Morgan fingerprint density at radius 2 is 1.94 bits per heavy atom. The first-order valence-electron chi connectivity index (χ1n) is 6.76. The number of hydrogen-bond donors (Lipinski definition) is 1. The fraction of sp³-hybridized carbons (Fsp3) is 0.846. The minimum absolute atomic E-state index is 0.0525. The van der Waals surface area contributed by atoms with Crippen LogP contribution in [0.25, 0.3) is 0 Å². The number of morpholine rings is 1. The Kier molecular flexibility index (Phi) is 2.81. The summed E-state index contributed by atoms with van der Waals surface area (Å²) in [5.74, 6) is -1.53. The van der Waals surface area contributed by atoms with Crippen LogP contribution < -0.4 is 0 Å². The monoisotopic (exact) mass is 253 g/mol. The molecule has 0 radical (unpaired) electrons. The van der Waals surface area contributed by atoms with Gasteiger partial charge in [0, 0.05) is 6.54 Å². The van der Waals surface area contributed by atoms with Crippen molar-refractivity contribution in [1.29, 1.82) is 0 Å². The second-order valence-corrected chi connectivity index (χ2v) is 5.75. The van der Waals surface area contributed by atoms with E-state index in [-0.39, 0.29) is 17.4 Å². The van der Waals surface area contributed by atoms with Gasteiger partial charge in [-0.15, -0.1) is 0 Å². The quantitative estimate of drug-likeness (QED) is 0.793. The molecule has 1 aliphatic heterocycles. The molecular weight excluding hydrogens is 234 g/mol. The summed E-state index contributed by atoms with van der Waals surface area (Å²) < 4.78 is 5.50. The first kappa shape index (κ1) is 12.0. The first-order valence-corrected chi connectivity index (χ1v) is 6.76. The SMILES string of the molecule is O=C(O)C1CCC1C(=O)N1CCOCC12CCC2. The number of carbonyl (C=O) groups excluding carboxylic acids is 1. The molecule has 1 heterocycles. The summed E-state index contributed by atoms with van der Waals surface area (Å²) in [5, 5.41) is 9.06. The van der Waals surface area contributed by atoms with E-state index in [2.05, 4.69) is 0 Å². The fourth-order valence-electron chi connectivity index (χ4n) is 3.37. The molecule has 1 spiro atoms. The summed E-state index contributed by atoms with van der Waals surface area (Å²) in [4.78, 5) is 25.5.